The molecule has 10 heteroatoms. The molecule has 1 aliphatic rings. The van der Waals surface area contributed by atoms with Crippen molar-refractivity contribution in [3.8, 4) is 0 Å². The summed E-state index contributed by atoms with van der Waals surface area (Å²) in [6, 6.07) is 13.4. The van der Waals surface area contributed by atoms with Crippen molar-refractivity contribution >= 4 is 34.4 Å². The first-order valence-electron chi connectivity index (χ1n) is 9.85. The van der Waals surface area contributed by atoms with Crippen molar-refractivity contribution in [1.82, 2.24) is 18.7 Å². The lowest BCUT2D eigenvalue weighted by atomic mass is 10.1. The summed E-state index contributed by atoms with van der Waals surface area (Å²) in [7, 11) is 3.01. The number of anilines is 1. The molecule has 0 N–H and O–H groups in total. The Labute approximate surface area is 186 Å². The van der Waals surface area contributed by atoms with Crippen molar-refractivity contribution in [2.24, 2.45) is 19.2 Å². The summed E-state index contributed by atoms with van der Waals surface area (Å²) in [6.07, 6.45) is 0. The third-order valence-electron chi connectivity index (χ3n) is 5.56. The lowest BCUT2D eigenvalue weighted by Crippen LogP contribution is -2.38. The summed E-state index contributed by atoms with van der Waals surface area (Å²) < 4.78 is 17.6. The molecule has 2 aromatic heterocycles. The number of halogens is 2. The van der Waals surface area contributed by atoms with Gasteiger partial charge in [-0.25, -0.2) is 14.2 Å². The van der Waals surface area contributed by atoms with Crippen molar-refractivity contribution in [2.75, 3.05) is 5.01 Å². The van der Waals surface area contributed by atoms with Crippen LogP contribution in [0.1, 0.15) is 11.1 Å². The highest BCUT2D eigenvalue weighted by Crippen LogP contribution is 2.28. The van der Waals surface area contributed by atoms with E-state index in [4.69, 9.17) is 16.7 Å². The zero-order chi connectivity index (χ0) is 22.6. The average Bonchev–Trinajstić information content (AvgIpc) is 3.18. The maximum Gasteiger partial charge on any atom is 0.332 e. The molecule has 0 atom stereocenters. The van der Waals surface area contributed by atoms with Gasteiger partial charge in [0.15, 0.2) is 11.2 Å². The SMILES string of the molecule is Cn1c(=O)c2c(nc3n2CC(c2ccc(F)cc2)=NN3Cc2ccccc2Cl)n(C)c1=O. The number of aromatic nitrogens is 4. The first-order chi connectivity index (χ1) is 15.3. The number of hydrogen-bond acceptors (Lipinski definition) is 5. The maximum absolute atomic E-state index is 13.5. The molecule has 0 spiro atoms. The van der Waals surface area contributed by atoms with Crippen molar-refractivity contribution in [3.05, 3.63) is 91.3 Å². The fourth-order valence-electron chi connectivity index (χ4n) is 3.84. The molecule has 3 heterocycles. The molecule has 0 amide bonds. The first kappa shape index (κ1) is 20.2. The van der Waals surface area contributed by atoms with Gasteiger partial charge < -0.3 is 0 Å². The van der Waals surface area contributed by atoms with E-state index in [9.17, 15) is 14.0 Å². The van der Waals surface area contributed by atoms with Gasteiger partial charge in [-0.3, -0.25) is 18.5 Å². The Balaban J connectivity index is 1.74. The van der Waals surface area contributed by atoms with Crippen LogP contribution in [0.3, 0.4) is 0 Å². The number of rotatable bonds is 3. The lowest BCUT2D eigenvalue weighted by molar-refractivity contribution is 0.627. The monoisotopic (exact) mass is 452 g/mol. The molecule has 0 fully saturated rings. The Morgan fingerprint density at radius 1 is 1.03 bits per heavy atom. The fourth-order valence-corrected chi connectivity index (χ4v) is 4.03. The quantitative estimate of drug-likeness (QED) is 0.479. The van der Waals surface area contributed by atoms with Gasteiger partial charge in [0.25, 0.3) is 5.56 Å². The zero-order valence-electron chi connectivity index (χ0n) is 17.3. The molecule has 0 bridgehead atoms. The van der Waals surface area contributed by atoms with E-state index in [0.717, 1.165) is 10.1 Å². The molecule has 1 aliphatic heterocycles. The summed E-state index contributed by atoms with van der Waals surface area (Å²) in [5.41, 5.74) is 1.81. The Kier molecular flexibility index (Phi) is 4.70. The molecule has 0 aliphatic carbocycles. The van der Waals surface area contributed by atoms with Gasteiger partial charge in [-0.05, 0) is 29.3 Å². The summed E-state index contributed by atoms with van der Waals surface area (Å²) in [6.45, 7) is 0.534. The molecule has 2 aromatic carbocycles. The third-order valence-corrected chi connectivity index (χ3v) is 5.93. The van der Waals surface area contributed by atoms with Gasteiger partial charge in [-0.2, -0.15) is 10.1 Å². The molecule has 162 valence electrons. The lowest BCUT2D eigenvalue weighted by Gasteiger charge is -2.26. The van der Waals surface area contributed by atoms with Crippen LogP contribution in [0.25, 0.3) is 11.2 Å². The zero-order valence-corrected chi connectivity index (χ0v) is 18.0. The highest BCUT2D eigenvalue weighted by atomic mass is 35.5. The maximum atomic E-state index is 13.5. The molecule has 32 heavy (non-hydrogen) atoms. The molecule has 8 nitrogen and oxygen atoms in total. The van der Waals surface area contributed by atoms with Crippen LogP contribution in [0.5, 0.6) is 0 Å². The second-order valence-electron chi connectivity index (χ2n) is 7.58. The second-order valence-corrected chi connectivity index (χ2v) is 7.99. The Morgan fingerprint density at radius 2 is 1.75 bits per heavy atom. The van der Waals surface area contributed by atoms with Crippen LogP contribution in [0.2, 0.25) is 5.02 Å². The predicted octanol–water partition coefficient (Wildman–Crippen LogP) is 2.65. The van der Waals surface area contributed by atoms with Crippen LogP contribution in [0.15, 0.2) is 63.2 Å². The molecule has 0 radical (unpaired) electrons. The van der Waals surface area contributed by atoms with E-state index in [0.29, 0.717) is 34.3 Å². The number of aryl methyl sites for hydroxylation is 1. The van der Waals surface area contributed by atoms with Gasteiger partial charge in [0.05, 0.1) is 18.8 Å². The van der Waals surface area contributed by atoms with Crippen molar-refractivity contribution in [2.45, 2.75) is 13.1 Å². The van der Waals surface area contributed by atoms with Crippen molar-refractivity contribution in [1.29, 1.82) is 0 Å². The number of imidazole rings is 1. The number of benzene rings is 2. The van der Waals surface area contributed by atoms with Crippen LogP contribution < -0.4 is 16.3 Å². The largest absolute Gasteiger partial charge is 0.332 e. The van der Waals surface area contributed by atoms with Crippen LogP contribution in [-0.2, 0) is 27.2 Å². The minimum Gasteiger partial charge on any atom is -0.297 e. The summed E-state index contributed by atoms with van der Waals surface area (Å²) >= 11 is 6.37. The number of hydrogen-bond donors (Lipinski definition) is 0. The summed E-state index contributed by atoms with van der Waals surface area (Å²) in [5.74, 6) is 0.0693. The van der Waals surface area contributed by atoms with Gasteiger partial charge in [0.2, 0.25) is 5.95 Å². The van der Waals surface area contributed by atoms with Gasteiger partial charge in [-0.1, -0.05) is 41.9 Å². The first-order valence-corrected chi connectivity index (χ1v) is 10.2. The van der Waals surface area contributed by atoms with Gasteiger partial charge in [-0.15, -0.1) is 0 Å². The second kappa shape index (κ2) is 7.45. The van der Waals surface area contributed by atoms with Crippen LogP contribution in [0, 0.1) is 5.82 Å². The van der Waals surface area contributed by atoms with E-state index in [2.05, 4.69) is 4.98 Å². The Hall–Kier alpha value is -3.72. The number of nitrogens with zero attached hydrogens (tertiary/aromatic N) is 6. The van der Waals surface area contributed by atoms with Crippen LogP contribution in [-0.4, -0.2) is 24.4 Å². The highest BCUT2D eigenvalue weighted by molar-refractivity contribution is 6.31. The van der Waals surface area contributed by atoms with E-state index >= 15 is 0 Å². The van der Waals surface area contributed by atoms with Crippen molar-refractivity contribution in [3.63, 3.8) is 0 Å². The smallest absolute Gasteiger partial charge is 0.297 e. The summed E-state index contributed by atoms with van der Waals surface area (Å²) in [5, 5.41) is 6.97. The molecular weight excluding hydrogens is 435 g/mol. The summed E-state index contributed by atoms with van der Waals surface area (Å²) in [4.78, 5) is 30.0. The molecule has 0 saturated heterocycles. The normalized spacial score (nSPS) is 13.4. The van der Waals surface area contributed by atoms with Gasteiger partial charge in [0, 0.05) is 19.1 Å². The van der Waals surface area contributed by atoms with Crippen LogP contribution >= 0.6 is 11.6 Å². The van der Waals surface area contributed by atoms with E-state index in [1.54, 1.807) is 34.8 Å². The third kappa shape index (κ3) is 3.13. The molecule has 0 unspecified atom stereocenters. The van der Waals surface area contributed by atoms with Gasteiger partial charge >= 0.3 is 5.69 Å². The van der Waals surface area contributed by atoms with E-state index < -0.39 is 11.2 Å². The minimum atomic E-state index is -0.463. The van der Waals surface area contributed by atoms with Gasteiger partial charge in [0.1, 0.15) is 5.82 Å². The standard InChI is InChI=1S/C22H18ClFN6O2/c1-27-19-18(20(31)28(2)22(27)32)29-12-17(13-7-9-15(24)10-8-13)26-30(21(29)25-19)11-14-5-3-4-6-16(14)23/h3-10H,11-12H2,1-2H3. The van der Waals surface area contributed by atoms with E-state index in [-0.39, 0.29) is 18.0 Å². The highest BCUT2D eigenvalue weighted by Gasteiger charge is 2.28. The molecule has 4 aromatic rings. The molecule has 5 rings (SSSR count). The number of hydrazone groups is 1. The fraction of sp³-hybridized carbons (Fsp3) is 0.182. The van der Waals surface area contributed by atoms with Crippen LogP contribution in [0.4, 0.5) is 10.3 Å². The minimum absolute atomic E-state index is 0.240. The molecule has 0 saturated carbocycles. The Bertz CT molecular complexity index is 1520. The van der Waals surface area contributed by atoms with E-state index in [1.807, 2.05) is 18.2 Å². The number of fused-ring (bicyclic) bond motifs is 3. The molecular formula is C22H18ClFN6O2. The van der Waals surface area contributed by atoms with Crippen molar-refractivity contribution < 1.29 is 4.39 Å². The average molecular weight is 453 g/mol. The topological polar surface area (TPSA) is 77.4 Å². The van der Waals surface area contributed by atoms with E-state index in [1.165, 1.54) is 23.7 Å². The Morgan fingerprint density at radius 3 is 2.47 bits per heavy atom. The predicted molar refractivity (Wildman–Crippen MR) is 121 cm³/mol.